The van der Waals surface area contributed by atoms with E-state index >= 15 is 0 Å². The third-order valence-electron chi connectivity index (χ3n) is 4.16. The summed E-state index contributed by atoms with van der Waals surface area (Å²) in [6, 6.07) is 9.68. The van der Waals surface area contributed by atoms with E-state index in [9.17, 15) is 4.79 Å². The van der Waals surface area contributed by atoms with Crippen LogP contribution in [0.25, 0.3) is 0 Å². The molecule has 0 unspecified atom stereocenters. The molecular weight excluding hydrogens is 294 g/mol. The molecule has 0 spiro atoms. The summed E-state index contributed by atoms with van der Waals surface area (Å²) < 4.78 is 0. The Morgan fingerprint density at radius 3 is 2.45 bits per heavy atom. The van der Waals surface area contributed by atoms with Crippen LogP contribution in [-0.2, 0) is 12.8 Å². The monoisotopic (exact) mass is 315 g/mol. The topological polar surface area (TPSA) is 29.1 Å². The number of aryl methyl sites for hydroxylation is 2. The summed E-state index contributed by atoms with van der Waals surface area (Å²) in [5.74, 6) is -0.0760. The van der Waals surface area contributed by atoms with Crippen molar-refractivity contribution in [3.8, 4) is 0 Å². The summed E-state index contributed by atoms with van der Waals surface area (Å²) >= 11 is 6.29. The minimum atomic E-state index is -0.0760. The van der Waals surface area contributed by atoms with Crippen LogP contribution in [0.4, 0.5) is 5.69 Å². The highest BCUT2D eigenvalue weighted by Gasteiger charge is 2.16. The van der Waals surface area contributed by atoms with Gasteiger partial charge in [0.15, 0.2) is 0 Å². The van der Waals surface area contributed by atoms with Gasteiger partial charge >= 0.3 is 0 Å². The molecule has 0 saturated carbocycles. The largest absolute Gasteiger partial charge is 0.321 e. The molecule has 2 nitrogen and oxygen atoms in total. The highest BCUT2D eigenvalue weighted by Crippen LogP contribution is 2.30. The summed E-state index contributed by atoms with van der Waals surface area (Å²) in [6.07, 6.45) is 1.64. The summed E-state index contributed by atoms with van der Waals surface area (Å²) in [7, 11) is 0. The van der Waals surface area contributed by atoms with Gasteiger partial charge in [0.1, 0.15) is 0 Å². The van der Waals surface area contributed by atoms with Crippen LogP contribution >= 0.6 is 11.6 Å². The maximum absolute atomic E-state index is 12.7. The van der Waals surface area contributed by atoms with E-state index < -0.39 is 0 Å². The molecular formula is C19H22ClNO. The smallest absolute Gasteiger partial charge is 0.255 e. The first kappa shape index (κ1) is 16.6. The third kappa shape index (κ3) is 3.17. The van der Waals surface area contributed by atoms with E-state index in [1.54, 1.807) is 0 Å². The van der Waals surface area contributed by atoms with E-state index in [1.165, 1.54) is 0 Å². The van der Waals surface area contributed by atoms with Gasteiger partial charge in [0, 0.05) is 16.3 Å². The first-order chi connectivity index (χ1) is 10.5. The Balaban J connectivity index is 2.44. The maximum Gasteiger partial charge on any atom is 0.255 e. The van der Waals surface area contributed by atoms with Crippen molar-refractivity contribution in [1.29, 1.82) is 0 Å². The molecule has 0 atom stereocenters. The number of anilines is 1. The molecule has 0 radical (unpaired) electrons. The molecule has 2 aromatic rings. The molecule has 0 saturated heterocycles. The van der Waals surface area contributed by atoms with Crippen LogP contribution in [0.5, 0.6) is 0 Å². The molecule has 0 aromatic heterocycles. The summed E-state index contributed by atoms with van der Waals surface area (Å²) in [4.78, 5) is 12.7. The van der Waals surface area contributed by atoms with Gasteiger partial charge in [0.2, 0.25) is 0 Å². The van der Waals surface area contributed by atoms with Gasteiger partial charge in [0.05, 0.1) is 0 Å². The molecule has 116 valence electrons. The average molecular weight is 316 g/mol. The van der Waals surface area contributed by atoms with E-state index in [0.717, 1.165) is 40.8 Å². The number of amides is 1. The van der Waals surface area contributed by atoms with Gasteiger partial charge in [-0.3, -0.25) is 4.79 Å². The zero-order chi connectivity index (χ0) is 16.3. The second-order valence-electron chi connectivity index (χ2n) is 5.47. The second-order valence-corrected chi connectivity index (χ2v) is 5.88. The zero-order valence-corrected chi connectivity index (χ0v) is 14.3. The molecule has 0 bridgehead atoms. The van der Waals surface area contributed by atoms with E-state index in [-0.39, 0.29) is 5.91 Å². The number of hydrogen-bond donors (Lipinski definition) is 1. The van der Waals surface area contributed by atoms with Crippen LogP contribution in [0.1, 0.15) is 46.5 Å². The van der Waals surface area contributed by atoms with Crippen molar-refractivity contribution < 1.29 is 4.79 Å². The standard InChI is InChI=1S/C19H22ClNO/c1-5-14-10-11-17(20)15(6-2)18(14)21-19(22)16-9-7-8-12(3)13(16)4/h7-11H,5-6H2,1-4H3,(H,21,22). The molecule has 0 aliphatic rings. The second kappa shape index (κ2) is 6.97. The number of carbonyl (C=O) groups excluding carboxylic acids is 1. The predicted molar refractivity (Wildman–Crippen MR) is 94.1 cm³/mol. The zero-order valence-electron chi connectivity index (χ0n) is 13.6. The van der Waals surface area contributed by atoms with Gasteiger partial charge in [-0.25, -0.2) is 0 Å². The molecule has 22 heavy (non-hydrogen) atoms. The molecule has 0 fully saturated rings. The predicted octanol–water partition coefficient (Wildman–Crippen LogP) is 5.33. The minimum absolute atomic E-state index is 0.0760. The van der Waals surface area contributed by atoms with Gasteiger partial charge in [-0.05, 0) is 61.1 Å². The van der Waals surface area contributed by atoms with Gasteiger partial charge in [0.25, 0.3) is 5.91 Å². The Labute approximate surface area is 137 Å². The van der Waals surface area contributed by atoms with Crippen LogP contribution in [0.15, 0.2) is 30.3 Å². The highest BCUT2D eigenvalue weighted by atomic mass is 35.5. The molecule has 1 N–H and O–H groups in total. The fourth-order valence-electron chi connectivity index (χ4n) is 2.64. The minimum Gasteiger partial charge on any atom is -0.321 e. The fraction of sp³-hybridized carbons (Fsp3) is 0.316. The number of carbonyl (C=O) groups is 1. The van der Waals surface area contributed by atoms with Gasteiger partial charge in [-0.1, -0.05) is 43.6 Å². The fourth-order valence-corrected chi connectivity index (χ4v) is 2.94. The number of halogens is 1. The van der Waals surface area contributed by atoms with Crippen LogP contribution in [0.2, 0.25) is 5.02 Å². The van der Waals surface area contributed by atoms with E-state index in [4.69, 9.17) is 11.6 Å². The molecule has 1 amide bonds. The SMILES string of the molecule is CCc1ccc(Cl)c(CC)c1NC(=O)c1cccc(C)c1C. The first-order valence-corrected chi connectivity index (χ1v) is 8.05. The Hall–Kier alpha value is -1.80. The quantitative estimate of drug-likeness (QED) is 0.811. The summed E-state index contributed by atoms with van der Waals surface area (Å²) in [5.41, 5.74) is 5.82. The normalized spacial score (nSPS) is 10.6. The Kier molecular flexibility index (Phi) is 5.25. The van der Waals surface area contributed by atoms with Crippen molar-refractivity contribution in [1.82, 2.24) is 0 Å². The summed E-state index contributed by atoms with van der Waals surface area (Å²) in [5, 5.41) is 3.79. The van der Waals surface area contributed by atoms with Crippen LogP contribution in [0, 0.1) is 13.8 Å². The third-order valence-corrected chi connectivity index (χ3v) is 4.52. The Bertz CT molecular complexity index is 707. The molecule has 2 aromatic carbocycles. The maximum atomic E-state index is 12.7. The number of nitrogens with one attached hydrogen (secondary N) is 1. The van der Waals surface area contributed by atoms with Crippen molar-refractivity contribution in [2.24, 2.45) is 0 Å². The van der Waals surface area contributed by atoms with Crippen molar-refractivity contribution in [2.75, 3.05) is 5.32 Å². The Morgan fingerprint density at radius 2 is 1.82 bits per heavy atom. The molecule has 0 aliphatic carbocycles. The van der Waals surface area contributed by atoms with Crippen molar-refractivity contribution in [3.05, 3.63) is 63.2 Å². The van der Waals surface area contributed by atoms with Gasteiger partial charge < -0.3 is 5.32 Å². The van der Waals surface area contributed by atoms with Crippen molar-refractivity contribution in [2.45, 2.75) is 40.5 Å². The lowest BCUT2D eigenvalue weighted by atomic mass is 10.0. The highest BCUT2D eigenvalue weighted by molar-refractivity contribution is 6.32. The van der Waals surface area contributed by atoms with Crippen molar-refractivity contribution in [3.63, 3.8) is 0 Å². The number of hydrogen-bond acceptors (Lipinski definition) is 1. The Morgan fingerprint density at radius 1 is 1.09 bits per heavy atom. The van der Waals surface area contributed by atoms with E-state index in [2.05, 4.69) is 12.2 Å². The lowest BCUT2D eigenvalue weighted by Crippen LogP contribution is -2.16. The molecule has 3 heteroatoms. The van der Waals surface area contributed by atoms with E-state index in [0.29, 0.717) is 10.6 Å². The number of rotatable bonds is 4. The van der Waals surface area contributed by atoms with Crippen LogP contribution in [0.3, 0.4) is 0 Å². The first-order valence-electron chi connectivity index (χ1n) is 7.67. The van der Waals surface area contributed by atoms with E-state index in [1.807, 2.05) is 51.1 Å². The molecule has 0 aliphatic heterocycles. The summed E-state index contributed by atoms with van der Waals surface area (Å²) in [6.45, 7) is 8.12. The number of benzene rings is 2. The lowest BCUT2D eigenvalue weighted by molar-refractivity contribution is 0.102. The molecule has 2 rings (SSSR count). The van der Waals surface area contributed by atoms with Gasteiger partial charge in [-0.2, -0.15) is 0 Å². The van der Waals surface area contributed by atoms with Crippen molar-refractivity contribution >= 4 is 23.2 Å². The van der Waals surface area contributed by atoms with Crippen LogP contribution in [-0.4, -0.2) is 5.91 Å². The van der Waals surface area contributed by atoms with Crippen LogP contribution < -0.4 is 5.32 Å². The average Bonchev–Trinajstić information content (AvgIpc) is 2.50. The van der Waals surface area contributed by atoms with Gasteiger partial charge in [-0.15, -0.1) is 0 Å². The molecule has 0 heterocycles. The lowest BCUT2D eigenvalue weighted by Gasteiger charge is -2.17.